The van der Waals surface area contributed by atoms with Crippen molar-refractivity contribution < 1.29 is 18.0 Å². The van der Waals surface area contributed by atoms with Gasteiger partial charge in [0.15, 0.2) is 15.5 Å². The molecule has 1 aliphatic heterocycles. The van der Waals surface area contributed by atoms with Crippen molar-refractivity contribution in [2.75, 3.05) is 37.0 Å². The minimum Gasteiger partial charge on any atom is -0.355 e. The largest absolute Gasteiger partial charge is 0.355 e. The third-order valence-electron chi connectivity index (χ3n) is 8.06. The predicted molar refractivity (Wildman–Crippen MR) is 153 cm³/mol. The van der Waals surface area contributed by atoms with E-state index >= 15 is 0 Å². The SMILES string of the molecule is Cc1cn2nc([C@H](C)N(C)C(=O)C3(NC(=O)CS(C)(=O)=O)CCCc4ccccc43)cc2nc1N1CC[C@H](N)C1. The number of likely N-dealkylation sites (N-methyl/N-ethyl adjacent to an activating group) is 1. The highest BCUT2D eigenvalue weighted by Crippen LogP contribution is 2.38. The quantitative estimate of drug-likeness (QED) is 0.437. The van der Waals surface area contributed by atoms with Gasteiger partial charge in [0, 0.05) is 50.3 Å². The Hall–Kier alpha value is -3.51. The Bertz CT molecular complexity index is 1570. The van der Waals surface area contributed by atoms with E-state index in [1.807, 2.05) is 50.4 Å². The Morgan fingerprint density at radius 3 is 2.75 bits per heavy atom. The van der Waals surface area contributed by atoms with E-state index in [2.05, 4.69) is 10.2 Å². The van der Waals surface area contributed by atoms with Gasteiger partial charge in [0.25, 0.3) is 5.91 Å². The number of amides is 2. The summed E-state index contributed by atoms with van der Waals surface area (Å²) >= 11 is 0. The number of aryl methyl sites for hydroxylation is 2. The molecule has 11 nitrogen and oxygen atoms in total. The lowest BCUT2D eigenvalue weighted by Gasteiger charge is -2.42. The number of nitrogens with two attached hydrogens (primary N) is 1. The number of rotatable bonds is 7. The second kappa shape index (κ2) is 10.5. The van der Waals surface area contributed by atoms with Gasteiger partial charge in [0.2, 0.25) is 5.91 Å². The third-order valence-corrected chi connectivity index (χ3v) is 8.85. The highest BCUT2D eigenvalue weighted by atomic mass is 32.2. The van der Waals surface area contributed by atoms with Gasteiger partial charge in [-0.25, -0.2) is 17.9 Å². The second-order valence-corrected chi connectivity index (χ2v) is 13.4. The highest BCUT2D eigenvalue weighted by molar-refractivity contribution is 7.91. The number of benzene rings is 1. The Kier molecular flexibility index (Phi) is 7.34. The molecule has 1 fully saturated rings. The number of nitrogens with one attached hydrogen (secondary N) is 1. The molecule has 0 bridgehead atoms. The molecule has 214 valence electrons. The number of carbonyl (C=O) groups is 2. The Labute approximate surface area is 234 Å². The molecule has 12 heteroatoms. The number of nitrogens with zero attached hydrogens (tertiary/aromatic N) is 5. The normalized spacial score (nSPS) is 21.7. The lowest BCUT2D eigenvalue weighted by Crippen LogP contribution is -2.59. The molecule has 3 aromatic rings. The van der Waals surface area contributed by atoms with E-state index in [0.717, 1.165) is 49.1 Å². The first-order valence-corrected chi connectivity index (χ1v) is 15.7. The van der Waals surface area contributed by atoms with Crippen molar-refractivity contribution in [1.82, 2.24) is 24.8 Å². The maximum Gasteiger partial charge on any atom is 0.253 e. The van der Waals surface area contributed by atoms with Gasteiger partial charge >= 0.3 is 0 Å². The third kappa shape index (κ3) is 5.29. The zero-order valence-electron chi connectivity index (χ0n) is 23.4. The van der Waals surface area contributed by atoms with Gasteiger partial charge in [-0.2, -0.15) is 5.10 Å². The van der Waals surface area contributed by atoms with Crippen LogP contribution >= 0.6 is 0 Å². The fourth-order valence-electron chi connectivity index (χ4n) is 5.95. The molecule has 3 atom stereocenters. The van der Waals surface area contributed by atoms with Crippen LogP contribution in [0.1, 0.15) is 54.6 Å². The van der Waals surface area contributed by atoms with Gasteiger partial charge in [-0.15, -0.1) is 0 Å². The number of sulfone groups is 1. The molecule has 2 aliphatic rings. The van der Waals surface area contributed by atoms with Crippen LogP contribution in [0.2, 0.25) is 0 Å². The summed E-state index contributed by atoms with van der Waals surface area (Å²) in [5.74, 6) is -0.821. The molecule has 1 unspecified atom stereocenters. The number of fused-ring (bicyclic) bond motifs is 2. The molecule has 0 spiro atoms. The van der Waals surface area contributed by atoms with E-state index in [1.54, 1.807) is 16.5 Å². The highest BCUT2D eigenvalue weighted by Gasteiger charge is 2.47. The number of hydrogen-bond acceptors (Lipinski definition) is 8. The second-order valence-electron chi connectivity index (χ2n) is 11.2. The van der Waals surface area contributed by atoms with Crippen LogP contribution < -0.4 is 16.0 Å². The molecule has 1 saturated heterocycles. The minimum atomic E-state index is -3.58. The average Bonchev–Trinajstić information content (AvgIpc) is 3.51. The van der Waals surface area contributed by atoms with Crippen LogP contribution in [-0.4, -0.2) is 77.9 Å². The standard InChI is InChI=1S/C28H37N7O4S/c1-18-15-35-24(30-26(18)34-13-11-21(29)16-34)14-23(32-35)19(2)33(3)27(37)28(31-25(36)17-40(4,38)39)12-7-9-20-8-5-6-10-22(20)28/h5-6,8,10,14-15,19,21H,7,9,11-13,16-17,29H2,1-4H3,(H,31,36)/t19-,21-,28?/m0/s1. The molecule has 1 aliphatic carbocycles. The molecule has 0 radical (unpaired) electrons. The molecule has 3 N–H and O–H groups in total. The van der Waals surface area contributed by atoms with Gasteiger partial charge < -0.3 is 20.9 Å². The fourth-order valence-corrected chi connectivity index (χ4v) is 6.50. The summed E-state index contributed by atoms with van der Waals surface area (Å²) in [5.41, 5.74) is 8.70. The first-order chi connectivity index (χ1) is 18.9. The van der Waals surface area contributed by atoms with Crippen molar-refractivity contribution in [3.63, 3.8) is 0 Å². The van der Waals surface area contributed by atoms with Gasteiger partial charge in [-0.1, -0.05) is 24.3 Å². The van der Waals surface area contributed by atoms with Crippen LogP contribution in [0, 0.1) is 6.92 Å². The van der Waals surface area contributed by atoms with Crippen LogP contribution in [0.3, 0.4) is 0 Å². The minimum absolute atomic E-state index is 0.132. The monoisotopic (exact) mass is 567 g/mol. The maximum atomic E-state index is 14.3. The van der Waals surface area contributed by atoms with Crippen LogP contribution in [0.4, 0.5) is 5.82 Å². The lowest BCUT2D eigenvalue weighted by atomic mass is 9.75. The Morgan fingerprint density at radius 2 is 2.05 bits per heavy atom. The Balaban J connectivity index is 1.47. The average molecular weight is 568 g/mol. The molecular weight excluding hydrogens is 530 g/mol. The molecule has 2 aromatic heterocycles. The van der Waals surface area contributed by atoms with Crippen LogP contribution in [-0.2, 0) is 31.4 Å². The summed E-state index contributed by atoms with van der Waals surface area (Å²) in [7, 11) is -1.89. The number of aromatic nitrogens is 3. The van der Waals surface area contributed by atoms with E-state index in [4.69, 9.17) is 15.8 Å². The molecule has 1 aromatic carbocycles. The lowest BCUT2D eigenvalue weighted by molar-refractivity contribution is -0.143. The van der Waals surface area contributed by atoms with E-state index in [0.29, 0.717) is 29.7 Å². The number of carbonyl (C=O) groups excluding carboxylic acids is 2. The van der Waals surface area contributed by atoms with E-state index < -0.39 is 33.1 Å². The molecule has 5 rings (SSSR count). The van der Waals surface area contributed by atoms with Crippen LogP contribution in [0.25, 0.3) is 5.65 Å². The topological polar surface area (TPSA) is 143 Å². The summed E-state index contributed by atoms with van der Waals surface area (Å²) in [6, 6.07) is 9.08. The summed E-state index contributed by atoms with van der Waals surface area (Å²) in [5, 5.41) is 7.58. The Morgan fingerprint density at radius 1 is 1.30 bits per heavy atom. The zero-order chi connectivity index (χ0) is 28.8. The molecule has 3 heterocycles. The van der Waals surface area contributed by atoms with Gasteiger partial charge in [-0.05, 0) is 50.7 Å². The molecule has 0 saturated carbocycles. The molecule has 40 heavy (non-hydrogen) atoms. The van der Waals surface area contributed by atoms with Crippen molar-refractivity contribution in [2.24, 2.45) is 5.73 Å². The maximum absolute atomic E-state index is 14.3. The summed E-state index contributed by atoms with van der Waals surface area (Å²) in [6.07, 6.45) is 5.67. The summed E-state index contributed by atoms with van der Waals surface area (Å²) in [6.45, 7) is 5.49. The number of hydrogen-bond donors (Lipinski definition) is 2. The van der Waals surface area contributed by atoms with E-state index in [9.17, 15) is 18.0 Å². The van der Waals surface area contributed by atoms with Gasteiger partial charge in [0.05, 0.1) is 11.7 Å². The van der Waals surface area contributed by atoms with Crippen molar-refractivity contribution in [3.05, 3.63) is 58.9 Å². The number of anilines is 1. The summed E-state index contributed by atoms with van der Waals surface area (Å²) in [4.78, 5) is 35.9. The smallest absolute Gasteiger partial charge is 0.253 e. The van der Waals surface area contributed by atoms with E-state index in [-0.39, 0.29) is 11.9 Å². The van der Waals surface area contributed by atoms with Crippen molar-refractivity contribution in [3.8, 4) is 0 Å². The predicted octanol–water partition coefficient (Wildman–Crippen LogP) is 1.49. The first kappa shape index (κ1) is 28.0. The molecule has 2 amide bonds. The van der Waals surface area contributed by atoms with E-state index in [1.165, 1.54) is 0 Å². The van der Waals surface area contributed by atoms with Crippen LogP contribution in [0.5, 0.6) is 0 Å². The fraction of sp³-hybridized carbons (Fsp3) is 0.500. The van der Waals surface area contributed by atoms with Crippen molar-refractivity contribution >= 4 is 33.1 Å². The molecular formula is C28H37N7O4S. The van der Waals surface area contributed by atoms with Crippen molar-refractivity contribution in [2.45, 2.75) is 57.2 Å². The first-order valence-electron chi connectivity index (χ1n) is 13.6. The van der Waals surface area contributed by atoms with Gasteiger partial charge in [0.1, 0.15) is 17.1 Å². The van der Waals surface area contributed by atoms with Crippen LogP contribution in [0.15, 0.2) is 36.5 Å². The zero-order valence-corrected chi connectivity index (χ0v) is 24.2. The summed E-state index contributed by atoms with van der Waals surface area (Å²) < 4.78 is 25.5. The van der Waals surface area contributed by atoms with Gasteiger partial charge in [-0.3, -0.25) is 9.59 Å². The van der Waals surface area contributed by atoms with Crippen molar-refractivity contribution in [1.29, 1.82) is 0 Å².